The van der Waals surface area contributed by atoms with Gasteiger partial charge >= 0.3 is 0 Å². The van der Waals surface area contributed by atoms with Gasteiger partial charge in [0.25, 0.3) is 0 Å². The lowest BCUT2D eigenvalue weighted by Gasteiger charge is -2.27. The van der Waals surface area contributed by atoms with Crippen LogP contribution in [-0.2, 0) is 16.1 Å². The first kappa shape index (κ1) is 14.1. The second kappa shape index (κ2) is 6.25. The average molecular weight is 285 g/mol. The molecule has 1 aliphatic heterocycles. The zero-order valence-corrected chi connectivity index (χ0v) is 12.0. The summed E-state index contributed by atoms with van der Waals surface area (Å²) in [5.41, 5.74) is 5.28. The van der Waals surface area contributed by atoms with Gasteiger partial charge in [-0.3, -0.25) is 9.36 Å². The summed E-state index contributed by atoms with van der Waals surface area (Å²) in [7, 11) is 0. The van der Waals surface area contributed by atoms with E-state index in [-0.39, 0.29) is 11.2 Å². The number of rotatable bonds is 5. The van der Waals surface area contributed by atoms with Crippen LogP contribution in [0.3, 0.4) is 0 Å². The lowest BCUT2D eigenvalue weighted by molar-refractivity contribution is -0.117. The first-order valence-corrected chi connectivity index (χ1v) is 7.23. The molecule has 0 aliphatic carbocycles. The zero-order chi connectivity index (χ0) is 13.8. The Hall–Kier alpha value is -1.28. The Morgan fingerprint density at radius 1 is 1.47 bits per heavy atom. The van der Waals surface area contributed by atoms with E-state index < -0.39 is 0 Å². The summed E-state index contributed by atoms with van der Waals surface area (Å²) in [5.74, 6) is 0.494. The molecular formula is C11H19N5O2S. The second-order valence-electron chi connectivity index (χ2n) is 4.29. The molecule has 1 aliphatic rings. The molecule has 2 heterocycles. The van der Waals surface area contributed by atoms with Crippen molar-refractivity contribution in [3.05, 3.63) is 0 Å². The maximum atomic E-state index is 11.1. The normalized spacial score (nSPS) is 17.5. The molecule has 106 valence electrons. The van der Waals surface area contributed by atoms with E-state index >= 15 is 0 Å². The fourth-order valence-corrected chi connectivity index (χ4v) is 2.72. The van der Waals surface area contributed by atoms with E-state index in [4.69, 9.17) is 10.5 Å². The van der Waals surface area contributed by atoms with Crippen molar-refractivity contribution in [1.82, 2.24) is 14.8 Å². The summed E-state index contributed by atoms with van der Waals surface area (Å²) in [5, 5.41) is 8.82. The molecule has 1 unspecified atom stereocenters. The Bertz CT molecular complexity index is 444. The number of thioether (sulfide) groups is 1. The van der Waals surface area contributed by atoms with Gasteiger partial charge in [0, 0.05) is 19.6 Å². The molecule has 0 bridgehead atoms. The number of morpholine rings is 1. The number of primary amides is 1. The number of anilines is 1. The molecule has 0 spiro atoms. The van der Waals surface area contributed by atoms with E-state index in [2.05, 4.69) is 15.1 Å². The molecule has 1 fully saturated rings. The van der Waals surface area contributed by atoms with Crippen LogP contribution in [0.1, 0.15) is 13.8 Å². The Labute approximate surface area is 116 Å². The quantitative estimate of drug-likeness (QED) is 0.772. The van der Waals surface area contributed by atoms with Crippen molar-refractivity contribution in [2.45, 2.75) is 30.8 Å². The predicted molar refractivity (Wildman–Crippen MR) is 73.2 cm³/mol. The van der Waals surface area contributed by atoms with E-state index in [0.717, 1.165) is 30.7 Å². The fraction of sp³-hybridized carbons (Fsp3) is 0.727. The van der Waals surface area contributed by atoms with E-state index in [9.17, 15) is 4.79 Å². The molecule has 0 aromatic carbocycles. The minimum Gasteiger partial charge on any atom is -0.378 e. The van der Waals surface area contributed by atoms with Gasteiger partial charge in [-0.25, -0.2) is 0 Å². The molecule has 1 saturated heterocycles. The minimum atomic E-state index is -0.344. The van der Waals surface area contributed by atoms with Crippen LogP contribution in [0.5, 0.6) is 0 Å². The summed E-state index contributed by atoms with van der Waals surface area (Å²) < 4.78 is 7.34. The van der Waals surface area contributed by atoms with Crippen LogP contribution in [0.4, 0.5) is 5.95 Å². The van der Waals surface area contributed by atoms with Crippen molar-refractivity contribution < 1.29 is 9.53 Å². The van der Waals surface area contributed by atoms with Crippen LogP contribution in [0.2, 0.25) is 0 Å². The van der Waals surface area contributed by atoms with Crippen LogP contribution < -0.4 is 10.6 Å². The van der Waals surface area contributed by atoms with Crippen LogP contribution in [0.15, 0.2) is 5.16 Å². The topological polar surface area (TPSA) is 86.3 Å². The van der Waals surface area contributed by atoms with Crippen LogP contribution >= 0.6 is 11.8 Å². The maximum Gasteiger partial charge on any atom is 0.230 e. The predicted octanol–water partition coefficient (Wildman–Crippen LogP) is 0.100. The van der Waals surface area contributed by atoms with E-state index in [1.165, 1.54) is 11.8 Å². The van der Waals surface area contributed by atoms with Crippen molar-refractivity contribution in [3.8, 4) is 0 Å². The van der Waals surface area contributed by atoms with Gasteiger partial charge in [0.1, 0.15) is 0 Å². The summed E-state index contributed by atoms with van der Waals surface area (Å²) in [6.45, 7) is 7.60. The highest BCUT2D eigenvalue weighted by atomic mass is 32.2. The Morgan fingerprint density at radius 3 is 2.74 bits per heavy atom. The third-order valence-corrected chi connectivity index (χ3v) is 4.09. The Morgan fingerprint density at radius 2 is 2.16 bits per heavy atom. The number of carbonyl (C=O) groups is 1. The molecule has 1 aromatic rings. The first-order chi connectivity index (χ1) is 9.13. The number of aromatic nitrogens is 3. The third-order valence-electron chi connectivity index (χ3n) is 2.99. The smallest absolute Gasteiger partial charge is 0.230 e. The summed E-state index contributed by atoms with van der Waals surface area (Å²) in [4.78, 5) is 13.3. The van der Waals surface area contributed by atoms with Gasteiger partial charge in [0.15, 0.2) is 5.16 Å². The number of ether oxygens (including phenoxy) is 1. The summed E-state index contributed by atoms with van der Waals surface area (Å²) >= 11 is 1.34. The van der Waals surface area contributed by atoms with Crippen LogP contribution in [-0.4, -0.2) is 52.2 Å². The SMILES string of the molecule is CCn1c(SC(C)C(N)=O)nnc1N1CCOCC1. The fourth-order valence-electron chi connectivity index (χ4n) is 1.86. The number of nitrogens with two attached hydrogens (primary N) is 1. The van der Waals surface area contributed by atoms with Crippen molar-refractivity contribution in [2.75, 3.05) is 31.2 Å². The number of hydrogen-bond donors (Lipinski definition) is 1. The number of carbonyl (C=O) groups excluding carboxylic acids is 1. The van der Waals surface area contributed by atoms with E-state index in [1.807, 2.05) is 11.5 Å². The lowest BCUT2D eigenvalue weighted by atomic mass is 10.4. The Kier molecular flexibility index (Phi) is 4.65. The van der Waals surface area contributed by atoms with Gasteiger partial charge < -0.3 is 15.4 Å². The highest BCUT2D eigenvalue weighted by Crippen LogP contribution is 2.25. The lowest BCUT2D eigenvalue weighted by Crippen LogP contribution is -2.38. The van der Waals surface area contributed by atoms with Crippen molar-refractivity contribution in [2.24, 2.45) is 5.73 Å². The van der Waals surface area contributed by atoms with Crippen molar-refractivity contribution in [3.63, 3.8) is 0 Å². The minimum absolute atomic E-state index is 0.313. The van der Waals surface area contributed by atoms with Gasteiger partial charge in [0.05, 0.1) is 18.5 Å². The van der Waals surface area contributed by atoms with Gasteiger partial charge in [-0.05, 0) is 13.8 Å². The third kappa shape index (κ3) is 3.19. The average Bonchev–Trinajstić information content (AvgIpc) is 2.82. The second-order valence-corrected chi connectivity index (χ2v) is 5.60. The molecule has 19 heavy (non-hydrogen) atoms. The molecule has 1 atom stereocenters. The largest absolute Gasteiger partial charge is 0.378 e. The highest BCUT2D eigenvalue weighted by molar-refractivity contribution is 8.00. The van der Waals surface area contributed by atoms with E-state index in [0.29, 0.717) is 13.2 Å². The summed E-state index contributed by atoms with van der Waals surface area (Å²) in [6.07, 6.45) is 0. The molecule has 8 heteroatoms. The molecule has 0 saturated carbocycles. The standard InChI is InChI=1S/C11H19N5O2S/c1-3-16-10(15-4-6-18-7-5-15)13-14-11(16)19-8(2)9(12)17/h8H,3-7H2,1-2H3,(H2,12,17). The highest BCUT2D eigenvalue weighted by Gasteiger charge is 2.22. The number of hydrogen-bond acceptors (Lipinski definition) is 6. The molecule has 1 amide bonds. The van der Waals surface area contributed by atoms with Crippen molar-refractivity contribution in [1.29, 1.82) is 0 Å². The number of nitrogens with zero attached hydrogens (tertiary/aromatic N) is 4. The first-order valence-electron chi connectivity index (χ1n) is 6.35. The van der Waals surface area contributed by atoms with Crippen molar-refractivity contribution >= 4 is 23.6 Å². The molecule has 1 aromatic heterocycles. The Balaban J connectivity index is 2.17. The van der Waals surface area contributed by atoms with Crippen LogP contribution in [0.25, 0.3) is 0 Å². The molecule has 7 nitrogen and oxygen atoms in total. The molecule has 0 radical (unpaired) electrons. The van der Waals surface area contributed by atoms with Gasteiger partial charge in [-0.1, -0.05) is 11.8 Å². The maximum absolute atomic E-state index is 11.1. The molecular weight excluding hydrogens is 266 g/mol. The number of amides is 1. The molecule has 2 N–H and O–H groups in total. The van der Waals surface area contributed by atoms with Gasteiger partial charge in [0.2, 0.25) is 11.9 Å². The van der Waals surface area contributed by atoms with Crippen LogP contribution in [0, 0.1) is 0 Å². The monoisotopic (exact) mass is 285 g/mol. The zero-order valence-electron chi connectivity index (χ0n) is 11.2. The summed E-state index contributed by atoms with van der Waals surface area (Å²) in [6, 6.07) is 0. The van der Waals surface area contributed by atoms with Gasteiger partial charge in [-0.2, -0.15) is 0 Å². The van der Waals surface area contributed by atoms with E-state index in [1.54, 1.807) is 6.92 Å². The molecule has 2 rings (SSSR count). The van der Waals surface area contributed by atoms with Gasteiger partial charge in [-0.15, -0.1) is 10.2 Å².